The van der Waals surface area contributed by atoms with Crippen LogP contribution in [-0.4, -0.2) is 39.3 Å². The number of nitrogens with one attached hydrogen (secondary N) is 1. The Labute approximate surface area is 188 Å². The average molecular weight is 465 g/mol. The molecule has 0 radical (unpaired) electrons. The van der Waals surface area contributed by atoms with E-state index in [-0.39, 0.29) is 17.4 Å². The number of hydrogen-bond acceptors (Lipinski definition) is 5. The largest absolute Gasteiger partial charge is 0.573 e. The van der Waals surface area contributed by atoms with E-state index in [0.29, 0.717) is 24.7 Å². The van der Waals surface area contributed by atoms with Gasteiger partial charge >= 0.3 is 6.36 Å². The second-order valence-corrected chi connectivity index (χ2v) is 7.89. The van der Waals surface area contributed by atoms with Crippen molar-refractivity contribution in [2.75, 3.05) is 12.3 Å². The van der Waals surface area contributed by atoms with E-state index in [1.54, 1.807) is 12.1 Å². The summed E-state index contributed by atoms with van der Waals surface area (Å²) in [4.78, 5) is 12.2. The van der Waals surface area contributed by atoms with E-state index < -0.39 is 6.36 Å². The van der Waals surface area contributed by atoms with Crippen molar-refractivity contribution in [2.45, 2.75) is 38.3 Å². The molecule has 0 aliphatic carbocycles. The number of amides is 1. The van der Waals surface area contributed by atoms with E-state index >= 15 is 0 Å². The Morgan fingerprint density at radius 3 is 2.50 bits per heavy atom. The first kappa shape index (κ1) is 23.6. The molecule has 0 aliphatic heterocycles. The van der Waals surface area contributed by atoms with Gasteiger partial charge in [-0.3, -0.25) is 4.79 Å². The van der Waals surface area contributed by atoms with Crippen molar-refractivity contribution >= 4 is 17.7 Å². The highest BCUT2D eigenvalue weighted by atomic mass is 32.2. The lowest BCUT2D eigenvalue weighted by molar-refractivity contribution is -0.274. The van der Waals surface area contributed by atoms with E-state index in [0.717, 1.165) is 22.5 Å². The number of carbonyl (C=O) groups excluding carboxylic acids is 1. The number of alkyl halides is 3. The van der Waals surface area contributed by atoms with E-state index in [1.165, 1.54) is 23.9 Å². The summed E-state index contributed by atoms with van der Waals surface area (Å²) in [7, 11) is 0. The molecule has 0 atom stereocenters. The van der Waals surface area contributed by atoms with Crippen molar-refractivity contribution in [3.8, 4) is 17.1 Å². The summed E-state index contributed by atoms with van der Waals surface area (Å²) in [6.07, 6.45) is -4.22. The third kappa shape index (κ3) is 6.49. The minimum atomic E-state index is -4.71. The molecule has 1 heterocycles. The predicted molar refractivity (Wildman–Crippen MR) is 116 cm³/mol. The van der Waals surface area contributed by atoms with Gasteiger partial charge in [-0.1, -0.05) is 48.2 Å². The fourth-order valence-electron chi connectivity index (χ4n) is 3.09. The van der Waals surface area contributed by atoms with Gasteiger partial charge in [0.25, 0.3) is 0 Å². The first-order chi connectivity index (χ1) is 15.3. The minimum absolute atomic E-state index is 0.157. The lowest BCUT2D eigenvalue weighted by Crippen LogP contribution is -2.27. The Kier molecular flexibility index (Phi) is 7.79. The van der Waals surface area contributed by atoms with Crippen LogP contribution < -0.4 is 10.1 Å². The van der Waals surface area contributed by atoms with E-state index in [4.69, 9.17) is 0 Å². The zero-order valence-corrected chi connectivity index (χ0v) is 18.5. The highest BCUT2D eigenvalue weighted by molar-refractivity contribution is 7.99. The normalized spacial score (nSPS) is 11.4. The van der Waals surface area contributed by atoms with Crippen molar-refractivity contribution in [2.24, 2.45) is 0 Å². The molecule has 32 heavy (non-hydrogen) atoms. The quantitative estimate of drug-likeness (QED) is 0.468. The maximum atomic E-state index is 12.2. The van der Waals surface area contributed by atoms with Gasteiger partial charge < -0.3 is 14.6 Å². The SMILES string of the molecule is CCn1c(SCC(=O)NCCc2ccc(OC(F)(F)F)cc2)nnc1-c1ccccc1C. The second-order valence-electron chi connectivity index (χ2n) is 6.95. The minimum Gasteiger partial charge on any atom is -0.406 e. The van der Waals surface area contributed by atoms with E-state index in [1.807, 2.05) is 42.7 Å². The monoisotopic (exact) mass is 464 g/mol. The van der Waals surface area contributed by atoms with Gasteiger partial charge in [0.05, 0.1) is 5.75 Å². The predicted octanol–water partition coefficient (Wildman–Crippen LogP) is 4.62. The molecule has 0 saturated carbocycles. The topological polar surface area (TPSA) is 69.0 Å². The van der Waals surface area contributed by atoms with Crippen molar-refractivity contribution < 1.29 is 22.7 Å². The first-order valence-electron chi connectivity index (χ1n) is 10.00. The molecule has 3 rings (SSSR count). The van der Waals surface area contributed by atoms with Crippen LogP contribution in [0.5, 0.6) is 5.75 Å². The van der Waals surface area contributed by atoms with Gasteiger partial charge in [0.1, 0.15) is 5.75 Å². The fourth-order valence-corrected chi connectivity index (χ4v) is 3.92. The van der Waals surface area contributed by atoms with Crippen LogP contribution in [0.4, 0.5) is 13.2 Å². The lowest BCUT2D eigenvalue weighted by Gasteiger charge is -2.10. The number of aromatic nitrogens is 3. The van der Waals surface area contributed by atoms with Crippen LogP contribution in [-0.2, 0) is 17.8 Å². The number of rotatable bonds is 9. The van der Waals surface area contributed by atoms with Gasteiger partial charge in [-0.05, 0) is 43.5 Å². The van der Waals surface area contributed by atoms with Gasteiger partial charge in [0.2, 0.25) is 5.91 Å². The lowest BCUT2D eigenvalue weighted by atomic mass is 10.1. The van der Waals surface area contributed by atoms with Gasteiger partial charge in [-0.25, -0.2) is 0 Å². The number of aryl methyl sites for hydroxylation is 1. The van der Waals surface area contributed by atoms with Crippen LogP contribution >= 0.6 is 11.8 Å². The molecule has 2 aromatic carbocycles. The van der Waals surface area contributed by atoms with Crippen LogP contribution in [0.1, 0.15) is 18.1 Å². The smallest absolute Gasteiger partial charge is 0.406 e. The fraction of sp³-hybridized carbons (Fsp3) is 0.318. The number of benzene rings is 2. The summed E-state index contributed by atoms with van der Waals surface area (Å²) in [5.41, 5.74) is 2.90. The van der Waals surface area contributed by atoms with Crippen LogP contribution in [0.3, 0.4) is 0 Å². The first-order valence-corrected chi connectivity index (χ1v) is 11.0. The van der Waals surface area contributed by atoms with Crippen molar-refractivity contribution in [1.29, 1.82) is 0 Å². The molecule has 3 aromatic rings. The van der Waals surface area contributed by atoms with Crippen molar-refractivity contribution in [3.63, 3.8) is 0 Å². The summed E-state index contributed by atoms with van der Waals surface area (Å²) in [5.74, 6) is 0.526. The summed E-state index contributed by atoms with van der Waals surface area (Å²) in [5, 5.41) is 12.0. The van der Waals surface area contributed by atoms with Crippen molar-refractivity contribution in [1.82, 2.24) is 20.1 Å². The second kappa shape index (κ2) is 10.5. The number of carbonyl (C=O) groups is 1. The molecule has 0 saturated heterocycles. The Hall–Kier alpha value is -3.01. The molecule has 170 valence electrons. The molecule has 1 N–H and O–H groups in total. The molecule has 0 bridgehead atoms. The molecule has 1 amide bonds. The van der Waals surface area contributed by atoms with Gasteiger partial charge in [0.15, 0.2) is 11.0 Å². The summed E-state index contributed by atoms with van der Waals surface area (Å²) < 4.78 is 42.4. The third-order valence-electron chi connectivity index (χ3n) is 4.64. The standard InChI is InChI=1S/C22H23F3N4O2S/c1-3-29-20(18-7-5-4-6-15(18)2)27-28-21(29)32-14-19(30)26-13-12-16-8-10-17(11-9-16)31-22(23,24)25/h4-11H,3,12-14H2,1-2H3,(H,26,30). The Morgan fingerprint density at radius 1 is 1.12 bits per heavy atom. The molecular formula is C22H23F3N4O2S. The average Bonchev–Trinajstić information content (AvgIpc) is 3.15. The van der Waals surface area contributed by atoms with Crippen molar-refractivity contribution in [3.05, 3.63) is 59.7 Å². The Balaban J connectivity index is 1.49. The highest BCUT2D eigenvalue weighted by Gasteiger charge is 2.30. The van der Waals surface area contributed by atoms with Crippen LogP contribution in [0.25, 0.3) is 11.4 Å². The van der Waals surface area contributed by atoms with Gasteiger partial charge in [-0.15, -0.1) is 23.4 Å². The summed E-state index contributed by atoms with van der Waals surface area (Å²) >= 11 is 1.31. The molecule has 1 aromatic heterocycles. The van der Waals surface area contributed by atoms with E-state index in [2.05, 4.69) is 20.3 Å². The van der Waals surface area contributed by atoms with Crippen LogP contribution in [0.15, 0.2) is 53.7 Å². The maximum absolute atomic E-state index is 12.2. The number of ether oxygens (including phenoxy) is 1. The zero-order chi connectivity index (χ0) is 23.1. The molecule has 10 heteroatoms. The molecule has 0 spiro atoms. The molecular weight excluding hydrogens is 441 g/mol. The highest BCUT2D eigenvalue weighted by Crippen LogP contribution is 2.26. The number of thioether (sulfide) groups is 1. The Bertz CT molecular complexity index is 1050. The zero-order valence-electron chi connectivity index (χ0n) is 17.6. The molecule has 6 nitrogen and oxygen atoms in total. The number of hydrogen-bond donors (Lipinski definition) is 1. The number of halogens is 3. The molecule has 0 fully saturated rings. The number of nitrogens with zero attached hydrogens (tertiary/aromatic N) is 3. The third-order valence-corrected chi connectivity index (χ3v) is 5.61. The Morgan fingerprint density at radius 2 is 1.84 bits per heavy atom. The summed E-state index contributed by atoms with van der Waals surface area (Å²) in [6, 6.07) is 13.5. The summed E-state index contributed by atoms with van der Waals surface area (Å²) in [6.45, 7) is 5.06. The van der Waals surface area contributed by atoms with Gasteiger partial charge in [0, 0.05) is 18.7 Å². The molecule has 0 aliphatic rings. The van der Waals surface area contributed by atoms with Crippen LogP contribution in [0, 0.1) is 6.92 Å². The van der Waals surface area contributed by atoms with Crippen LogP contribution in [0.2, 0.25) is 0 Å². The van der Waals surface area contributed by atoms with Gasteiger partial charge in [-0.2, -0.15) is 0 Å². The molecule has 0 unspecified atom stereocenters. The van der Waals surface area contributed by atoms with E-state index in [9.17, 15) is 18.0 Å². The maximum Gasteiger partial charge on any atom is 0.573 e.